The van der Waals surface area contributed by atoms with Gasteiger partial charge in [-0.15, -0.1) is 0 Å². The summed E-state index contributed by atoms with van der Waals surface area (Å²) in [5.74, 6) is -0.480. The fraction of sp³-hybridized carbons (Fsp3) is 0.778. The van der Waals surface area contributed by atoms with Gasteiger partial charge >= 0.3 is 11.8 Å². The average molecular weight is 201 g/mol. The van der Waals surface area contributed by atoms with Crippen LogP contribution in [0.2, 0.25) is 0 Å². The zero-order valence-electron chi connectivity index (χ0n) is 8.69. The maximum atomic E-state index is 10.9. The molecule has 1 rings (SSSR count). The highest BCUT2D eigenvalue weighted by Crippen LogP contribution is 2.00. The van der Waals surface area contributed by atoms with E-state index in [1.54, 1.807) is 11.6 Å². The Morgan fingerprint density at radius 1 is 1.71 bits per heavy atom. The van der Waals surface area contributed by atoms with Gasteiger partial charge in [0, 0.05) is 6.61 Å². The number of aliphatic carboxylic acids is 1. The van der Waals surface area contributed by atoms with Crippen LogP contribution in [0.25, 0.3) is 0 Å². The Bertz CT molecular complexity index is 250. The molecule has 0 aromatic rings. The number of amidine groups is 1. The molecule has 0 atom stereocenters. The van der Waals surface area contributed by atoms with E-state index >= 15 is 0 Å². The van der Waals surface area contributed by atoms with Crippen molar-refractivity contribution in [3.63, 3.8) is 0 Å². The molecule has 1 heterocycles. The lowest BCUT2D eigenvalue weighted by Crippen LogP contribution is -2.37. The van der Waals surface area contributed by atoms with Gasteiger partial charge in [-0.3, -0.25) is 4.58 Å². The predicted octanol–water partition coefficient (Wildman–Crippen LogP) is -0.536. The van der Waals surface area contributed by atoms with Crippen molar-refractivity contribution in [3.05, 3.63) is 0 Å². The number of ether oxygens (including phenoxy) is 1. The van der Waals surface area contributed by atoms with Gasteiger partial charge in [0.1, 0.15) is 19.6 Å². The molecule has 0 saturated heterocycles. The van der Waals surface area contributed by atoms with E-state index in [9.17, 15) is 4.79 Å². The zero-order chi connectivity index (χ0) is 10.6. The Kier molecular flexibility index (Phi) is 3.88. The number of carbonyl (C=O) groups is 1. The summed E-state index contributed by atoms with van der Waals surface area (Å²) in [6.07, 6.45) is 0. The van der Waals surface area contributed by atoms with Crippen LogP contribution in [0.4, 0.5) is 0 Å². The minimum absolute atomic E-state index is 0.379. The highest BCUT2D eigenvalue weighted by atomic mass is 16.5. The van der Waals surface area contributed by atoms with Crippen LogP contribution in [0.15, 0.2) is 0 Å². The molecular formula is C9H17N2O3+. The quantitative estimate of drug-likeness (QED) is 0.479. The van der Waals surface area contributed by atoms with Crippen molar-refractivity contribution in [2.45, 2.75) is 6.92 Å². The largest absolute Gasteiger partial charge is 0.472 e. The highest BCUT2D eigenvalue weighted by molar-refractivity contribution is 6.32. The summed E-state index contributed by atoms with van der Waals surface area (Å²) < 4.78 is 6.95. The summed E-state index contributed by atoms with van der Waals surface area (Å²) in [6, 6.07) is 0. The fourth-order valence-corrected chi connectivity index (χ4v) is 1.56. The summed E-state index contributed by atoms with van der Waals surface area (Å²) in [7, 11) is 1.80. The second kappa shape index (κ2) is 4.95. The van der Waals surface area contributed by atoms with Crippen LogP contribution in [-0.2, 0) is 9.53 Å². The maximum Gasteiger partial charge on any atom is 0.418 e. The minimum Gasteiger partial charge on any atom is -0.472 e. The first-order valence-electron chi connectivity index (χ1n) is 4.81. The van der Waals surface area contributed by atoms with E-state index in [-0.39, 0.29) is 0 Å². The summed E-state index contributed by atoms with van der Waals surface area (Å²) in [6.45, 7) is 5.38. The SMILES string of the molecule is CCOCCN1CC[N+](C)=C1C(=O)O. The van der Waals surface area contributed by atoms with Crippen molar-refractivity contribution in [2.24, 2.45) is 0 Å². The monoisotopic (exact) mass is 201 g/mol. The van der Waals surface area contributed by atoms with Crippen molar-refractivity contribution in [3.8, 4) is 0 Å². The number of rotatable bonds is 5. The molecule has 0 radical (unpaired) electrons. The topological polar surface area (TPSA) is 52.8 Å². The zero-order valence-corrected chi connectivity index (χ0v) is 8.69. The van der Waals surface area contributed by atoms with Crippen LogP contribution >= 0.6 is 0 Å². The van der Waals surface area contributed by atoms with E-state index in [4.69, 9.17) is 9.84 Å². The third-order valence-electron chi connectivity index (χ3n) is 2.27. The van der Waals surface area contributed by atoms with Crippen LogP contribution in [0, 0.1) is 0 Å². The molecule has 14 heavy (non-hydrogen) atoms. The molecular weight excluding hydrogens is 184 g/mol. The standard InChI is InChI=1S/C9H16N2O3/c1-3-14-7-6-11-5-4-10(2)8(11)9(12)13/h3-7H2,1-2H3/p+1. The Morgan fingerprint density at radius 3 is 3.00 bits per heavy atom. The van der Waals surface area contributed by atoms with Crippen LogP contribution in [-0.4, -0.2) is 66.3 Å². The molecule has 5 heteroatoms. The van der Waals surface area contributed by atoms with Gasteiger partial charge in [0.05, 0.1) is 13.7 Å². The van der Waals surface area contributed by atoms with Crippen LogP contribution in [0.5, 0.6) is 0 Å². The van der Waals surface area contributed by atoms with Crippen LogP contribution in [0.3, 0.4) is 0 Å². The average Bonchev–Trinajstić information content (AvgIpc) is 2.47. The normalized spacial score (nSPS) is 16.6. The van der Waals surface area contributed by atoms with Crippen molar-refractivity contribution >= 4 is 11.8 Å². The molecule has 0 aromatic carbocycles. The Hall–Kier alpha value is -1.10. The molecule has 0 amide bonds. The van der Waals surface area contributed by atoms with Gasteiger partial charge in [0.25, 0.3) is 0 Å². The van der Waals surface area contributed by atoms with Gasteiger partial charge < -0.3 is 9.84 Å². The second-order valence-corrected chi connectivity index (χ2v) is 3.23. The molecule has 0 aromatic heterocycles. The third kappa shape index (κ3) is 2.45. The van der Waals surface area contributed by atoms with E-state index in [2.05, 4.69) is 0 Å². The first-order chi connectivity index (χ1) is 6.66. The molecule has 0 bridgehead atoms. The molecule has 0 aliphatic carbocycles. The van der Waals surface area contributed by atoms with Gasteiger partial charge in [-0.05, 0) is 6.92 Å². The van der Waals surface area contributed by atoms with Gasteiger partial charge in [0.2, 0.25) is 0 Å². The lowest BCUT2D eigenvalue weighted by molar-refractivity contribution is -0.486. The van der Waals surface area contributed by atoms with Crippen LogP contribution in [0.1, 0.15) is 6.92 Å². The highest BCUT2D eigenvalue weighted by Gasteiger charge is 2.34. The summed E-state index contributed by atoms with van der Waals surface area (Å²) >= 11 is 0. The molecule has 0 saturated carbocycles. The van der Waals surface area contributed by atoms with Gasteiger partial charge in [-0.1, -0.05) is 0 Å². The number of likely N-dealkylation sites (N-methyl/N-ethyl adjacent to an activating group) is 1. The number of hydrogen-bond acceptors (Lipinski definition) is 3. The Balaban J connectivity index is 2.50. The third-order valence-corrected chi connectivity index (χ3v) is 2.27. The van der Waals surface area contributed by atoms with Gasteiger partial charge in [0.15, 0.2) is 0 Å². The first-order valence-corrected chi connectivity index (χ1v) is 4.81. The molecule has 1 aliphatic rings. The number of carboxylic acids is 1. The fourth-order valence-electron chi connectivity index (χ4n) is 1.56. The molecule has 5 nitrogen and oxygen atoms in total. The molecule has 80 valence electrons. The van der Waals surface area contributed by atoms with Crippen molar-refractivity contribution in [1.82, 2.24) is 4.90 Å². The molecule has 1 aliphatic heterocycles. The van der Waals surface area contributed by atoms with Crippen molar-refractivity contribution < 1.29 is 19.2 Å². The van der Waals surface area contributed by atoms with Crippen LogP contribution < -0.4 is 0 Å². The molecule has 0 unspecified atom stereocenters. The Labute approximate surface area is 83.6 Å². The molecule has 0 spiro atoms. The van der Waals surface area contributed by atoms with E-state index in [0.29, 0.717) is 25.6 Å². The second-order valence-electron chi connectivity index (χ2n) is 3.23. The summed E-state index contributed by atoms with van der Waals surface area (Å²) in [4.78, 5) is 12.7. The lowest BCUT2D eigenvalue weighted by Gasteiger charge is -2.09. The first kappa shape index (κ1) is 11.0. The van der Waals surface area contributed by atoms with Gasteiger partial charge in [-0.2, -0.15) is 0 Å². The van der Waals surface area contributed by atoms with E-state index in [1.807, 2.05) is 11.8 Å². The lowest BCUT2D eigenvalue weighted by atomic mass is 10.4. The van der Waals surface area contributed by atoms with E-state index in [1.165, 1.54) is 0 Å². The Morgan fingerprint density at radius 2 is 2.43 bits per heavy atom. The molecule has 1 N–H and O–H groups in total. The van der Waals surface area contributed by atoms with E-state index in [0.717, 1.165) is 13.1 Å². The van der Waals surface area contributed by atoms with Crippen molar-refractivity contribution in [1.29, 1.82) is 0 Å². The smallest absolute Gasteiger partial charge is 0.418 e. The number of carboxylic acid groups (broad SMARTS) is 1. The molecule has 0 fully saturated rings. The minimum atomic E-state index is -0.860. The maximum absolute atomic E-state index is 10.9. The summed E-state index contributed by atoms with van der Waals surface area (Å²) in [5.41, 5.74) is 0. The predicted molar refractivity (Wildman–Crippen MR) is 51.8 cm³/mol. The number of hydrogen-bond donors (Lipinski definition) is 1. The summed E-state index contributed by atoms with van der Waals surface area (Å²) in [5, 5.41) is 8.95. The van der Waals surface area contributed by atoms with Crippen molar-refractivity contribution in [2.75, 3.05) is 39.9 Å². The van der Waals surface area contributed by atoms with Gasteiger partial charge in [-0.25, -0.2) is 9.69 Å². The number of nitrogens with zero attached hydrogens (tertiary/aromatic N) is 2. The van der Waals surface area contributed by atoms with E-state index < -0.39 is 5.97 Å².